The van der Waals surface area contributed by atoms with Gasteiger partial charge in [0.15, 0.2) is 0 Å². The predicted molar refractivity (Wildman–Crippen MR) is 96.1 cm³/mol. The van der Waals surface area contributed by atoms with Crippen molar-refractivity contribution in [1.29, 1.82) is 0 Å². The Morgan fingerprint density at radius 2 is 1.50 bits per heavy atom. The average Bonchev–Trinajstić information content (AvgIpc) is 2.54. The van der Waals surface area contributed by atoms with Gasteiger partial charge in [0.05, 0.1) is 12.2 Å². The molecule has 0 saturated heterocycles. The quantitative estimate of drug-likeness (QED) is 0.696. The third-order valence-electron chi connectivity index (χ3n) is 4.17. The maximum atomic E-state index is 12.6. The Labute approximate surface area is 140 Å². The van der Waals surface area contributed by atoms with Gasteiger partial charge in [-0.25, -0.2) is 0 Å². The van der Waals surface area contributed by atoms with Crippen molar-refractivity contribution in [2.45, 2.75) is 27.3 Å². The molecule has 0 unspecified atom stereocenters. The molecular weight excluding hydrogens is 300 g/mol. The molecule has 4 heteroatoms. The maximum Gasteiger partial charge on any atom is 0.321 e. The van der Waals surface area contributed by atoms with Crippen LogP contribution in [-0.4, -0.2) is 9.13 Å². The molecule has 0 bridgehead atoms. The van der Waals surface area contributed by atoms with Crippen LogP contribution in [0.15, 0.2) is 64.4 Å². The largest absolute Gasteiger partial charge is 0.321 e. The van der Waals surface area contributed by atoms with E-state index in [1.54, 1.807) is 12.4 Å². The minimum Gasteiger partial charge on any atom is -0.305 e. The van der Waals surface area contributed by atoms with Gasteiger partial charge >= 0.3 is 11.1 Å². The van der Waals surface area contributed by atoms with Crippen molar-refractivity contribution >= 4 is 0 Å². The van der Waals surface area contributed by atoms with Crippen LogP contribution in [0.2, 0.25) is 0 Å². The predicted octanol–water partition coefficient (Wildman–Crippen LogP) is 2.97. The zero-order valence-corrected chi connectivity index (χ0v) is 14.1. The van der Waals surface area contributed by atoms with E-state index < -0.39 is 11.1 Å². The molecule has 0 radical (unpaired) electrons. The van der Waals surface area contributed by atoms with Crippen LogP contribution in [-0.2, 0) is 6.54 Å². The number of hydrogen-bond acceptors (Lipinski definition) is 2. The molecule has 0 aliphatic carbocycles. The SMILES string of the molecule is Cc1cccc(Cn2ccn(-c3c(C)cccc3C)c(=O)c2=O)c1. The highest BCUT2D eigenvalue weighted by atomic mass is 16.2. The minimum atomic E-state index is -0.525. The van der Waals surface area contributed by atoms with Crippen LogP contribution in [0, 0.1) is 20.8 Å². The fourth-order valence-electron chi connectivity index (χ4n) is 3.00. The standard InChI is InChI=1S/C20H20N2O2/c1-14-6-4-9-17(12-14)13-21-10-11-22(20(24)19(21)23)18-15(2)7-5-8-16(18)3/h4-12H,13H2,1-3H3. The number of hydrogen-bond donors (Lipinski definition) is 0. The van der Waals surface area contributed by atoms with Crippen LogP contribution in [0.3, 0.4) is 0 Å². The molecule has 122 valence electrons. The highest BCUT2D eigenvalue weighted by molar-refractivity contribution is 5.46. The summed E-state index contributed by atoms with van der Waals surface area (Å²) >= 11 is 0. The average molecular weight is 320 g/mol. The van der Waals surface area contributed by atoms with E-state index in [9.17, 15) is 9.59 Å². The number of rotatable bonds is 3. The normalized spacial score (nSPS) is 10.8. The first kappa shape index (κ1) is 16.0. The molecule has 1 heterocycles. The van der Waals surface area contributed by atoms with Crippen molar-refractivity contribution in [3.8, 4) is 5.69 Å². The monoisotopic (exact) mass is 320 g/mol. The molecule has 4 nitrogen and oxygen atoms in total. The number of aromatic nitrogens is 2. The van der Waals surface area contributed by atoms with Gasteiger partial charge in [0, 0.05) is 12.4 Å². The minimum absolute atomic E-state index is 0.392. The fraction of sp³-hybridized carbons (Fsp3) is 0.200. The highest BCUT2D eigenvalue weighted by Gasteiger charge is 2.11. The van der Waals surface area contributed by atoms with Crippen molar-refractivity contribution in [2.24, 2.45) is 0 Å². The van der Waals surface area contributed by atoms with Gasteiger partial charge in [0.2, 0.25) is 0 Å². The molecule has 0 saturated carbocycles. The van der Waals surface area contributed by atoms with E-state index >= 15 is 0 Å². The van der Waals surface area contributed by atoms with Crippen molar-refractivity contribution in [3.63, 3.8) is 0 Å². The Kier molecular flexibility index (Phi) is 4.21. The van der Waals surface area contributed by atoms with E-state index in [-0.39, 0.29) is 0 Å². The summed E-state index contributed by atoms with van der Waals surface area (Å²) in [6.45, 7) is 6.27. The van der Waals surface area contributed by atoms with Gasteiger partial charge in [-0.3, -0.25) is 14.2 Å². The molecule has 2 aromatic carbocycles. The second kappa shape index (κ2) is 6.32. The Morgan fingerprint density at radius 1 is 0.833 bits per heavy atom. The molecule has 0 spiro atoms. The zero-order valence-electron chi connectivity index (χ0n) is 14.1. The van der Waals surface area contributed by atoms with E-state index in [2.05, 4.69) is 0 Å². The van der Waals surface area contributed by atoms with Gasteiger partial charge in [-0.1, -0.05) is 48.0 Å². The Hall–Kier alpha value is -2.88. The van der Waals surface area contributed by atoms with Gasteiger partial charge in [-0.2, -0.15) is 0 Å². The first-order chi connectivity index (χ1) is 11.5. The molecule has 0 N–H and O–H groups in total. The summed E-state index contributed by atoms with van der Waals surface area (Å²) in [6, 6.07) is 13.7. The van der Waals surface area contributed by atoms with E-state index in [0.717, 1.165) is 27.9 Å². The fourth-order valence-corrected chi connectivity index (χ4v) is 3.00. The molecule has 0 amide bonds. The van der Waals surface area contributed by atoms with Crippen molar-refractivity contribution < 1.29 is 0 Å². The lowest BCUT2D eigenvalue weighted by Gasteiger charge is -2.13. The Bertz CT molecular complexity index is 992. The summed E-state index contributed by atoms with van der Waals surface area (Å²) in [7, 11) is 0. The lowest BCUT2D eigenvalue weighted by Crippen LogP contribution is -2.40. The highest BCUT2D eigenvalue weighted by Crippen LogP contribution is 2.16. The van der Waals surface area contributed by atoms with Crippen molar-refractivity contribution in [3.05, 3.63) is 97.8 Å². The van der Waals surface area contributed by atoms with Gasteiger partial charge in [0.25, 0.3) is 0 Å². The number of benzene rings is 2. The summed E-state index contributed by atoms with van der Waals surface area (Å²) in [4.78, 5) is 25.1. The van der Waals surface area contributed by atoms with Gasteiger partial charge in [0.1, 0.15) is 0 Å². The molecule has 24 heavy (non-hydrogen) atoms. The van der Waals surface area contributed by atoms with Crippen molar-refractivity contribution in [2.75, 3.05) is 0 Å². The van der Waals surface area contributed by atoms with Gasteiger partial charge in [-0.05, 0) is 37.5 Å². The third-order valence-corrected chi connectivity index (χ3v) is 4.17. The summed E-state index contributed by atoms with van der Waals surface area (Å²) in [5.74, 6) is 0. The second-order valence-electron chi connectivity index (χ2n) is 6.14. The van der Waals surface area contributed by atoms with Crippen LogP contribution in [0.5, 0.6) is 0 Å². The van der Waals surface area contributed by atoms with Crippen LogP contribution >= 0.6 is 0 Å². The van der Waals surface area contributed by atoms with E-state index in [1.165, 1.54) is 9.13 Å². The Morgan fingerprint density at radius 3 is 2.17 bits per heavy atom. The number of para-hydroxylation sites is 1. The molecule has 0 fully saturated rings. The second-order valence-corrected chi connectivity index (χ2v) is 6.14. The van der Waals surface area contributed by atoms with E-state index in [0.29, 0.717) is 6.54 Å². The van der Waals surface area contributed by atoms with Crippen LogP contribution < -0.4 is 11.1 Å². The Balaban J connectivity index is 2.07. The molecule has 3 rings (SSSR count). The summed E-state index contributed by atoms with van der Waals surface area (Å²) in [5, 5.41) is 0. The topological polar surface area (TPSA) is 44.0 Å². The molecular formula is C20H20N2O2. The first-order valence-electron chi connectivity index (χ1n) is 7.91. The summed E-state index contributed by atoms with van der Waals surface area (Å²) < 4.78 is 2.90. The van der Waals surface area contributed by atoms with Crippen LogP contribution in [0.1, 0.15) is 22.3 Å². The van der Waals surface area contributed by atoms with Crippen LogP contribution in [0.25, 0.3) is 5.69 Å². The summed E-state index contributed by atoms with van der Waals surface area (Å²) in [5.41, 5.74) is 3.80. The zero-order chi connectivity index (χ0) is 17.3. The third kappa shape index (κ3) is 2.95. The molecule has 0 atom stereocenters. The van der Waals surface area contributed by atoms with Crippen molar-refractivity contribution in [1.82, 2.24) is 9.13 Å². The van der Waals surface area contributed by atoms with E-state index in [1.807, 2.05) is 63.2 Å². The van der Waals surface area contributed by atoms with E-state index in [4.69, 9.17) is 0 Å². The number of nitrogens with zero attached hydrogens (tertiary/aromatic N) is 2. The van der Waals surface area contributed by atoms with Gasteiger partial charge in [-0.15, -0.1) is 0 Å². The molecule has 3 aromatic rings. The van der Waals surface area contributed by atoms with Crippen LogP contribution in [0.4, 0.5) is 0 Å². The molecule has 0 aliphatic rings. The lowest BCUT2D eigenvalue weighted by atomic mass is 10.1. The molecule has 0 aliphatic heterocycles. The smallest absolute Gasteiger partial charge is 0.305 e. The molecule has 1 aromatic heterocycles. The first-order valence-corrected chi connectivity index (χ1v) is 7.91. The lowest BCUT2D eigenvalue weighted by molar-refractivity contribution is 0.716. The maximum absolute atomic E-state index is 12.6. The van der Waals surface area contributed by atoms with Gasteiger partial charge < -0.3 is 4.57 Å². The number of aryl methyl sites for hydroxylation is 3. The summed E-state index contributed by atoms with van der Waals surface area (Å²) in [6.07, 6.45) is 3.35.